The molecule has 8 heteroatoms. The number of nitrogens with zero attached hydrogens (tertiary/aromatic N) is 2. The number of aryl methyl sites for hydroxylation is 1. The second-order valence-electron chi connectivity index (χ2n) is 3.47. The van der Waals surface area contributed by atoms with Crippen molar-refractivity contribution in [1.82, 2.24) is 10.2 Å². The molecule has 0 bridgehead atoms. The molecule has 0 saturated heterocycles. The number of nitrogens with one attached hydrogen (secondary N) is 1. The number of rotatable bonds is 2. The predicted octanol–water partition coefficient (Wildman–Crippen LogP) is 4.26. The van der Waals surface area contributed by atoms with E-state index < -0.39 is 11.2 Å². The van der Waals surface area contributed by atoms with Gasteiger partial charge in [0.05, 0.1) is 10.7 Å². The average Bonchev–Trinajstić information content (AvgIpc) is 2.72. The Morgan fingerprint density at radius 2 is 2.00 bits per heavy atom. The average molecular weight is 294 g/mol. The maximum absolute atomic E-state index is 12.4. The fourth-order valence-corrected chi connectivity index (χ4v) is 2.17. The Morgan fingerprint density at radius 3 is 2.56 bits per heavy atom. The van der Waals surface area contributed by atoms with Crippen LogP contribution >= 0.6 is 22.9 Å². The molecule has 1 aromatic carbocycles. The minimum absolute atomic E-state index is 0.0542. The van der Waals surface area contributed by atoms with E-state index in [1.54, 1.807) is 25.1 Å². The third kappa shape index (κ3) is 2.73. The van der Waals surface area contributed by atoms with Gasteiger partial charge in [0.2, 0.25) is 10.1 Å². The molecule has 0 spiro atoms. The minimum Gasteiger partial charge on any atom is -0.329 e. The number of benzene rings is 1. The van der Waals surface area contributed by atoms with Crippen molar-refractivity contribution >= 4 is 33.8 Å². The van der Waals surface area contributed by atoms with Crippen LogP contribution in [0, 0.1) is 6.92 Å². The zero-order chi connectivity index (χ0) is 13.3. The first-order valence-corrected chi connectivity index (χ1v) is 6.00. The summed E-state index contributed by atoms with van der Waals surface area (Å²) in [6, 6.07) is 5.19. The summed E-state index contributed by atoms with van der Waals surface area (Å²) in [7, 11) is 0. The Balaban J connectivity index is 2.27. The number of aromatic nitrogens is 2. The predicted molar refractivity (Wildman–Crippen MR) is 64.4 cm³/mol. The van der Waals surface area contributed by atoms with Crippen molar-refractivity contribution in [3.8, 4) is 0 Å². The lowest BCUT2D eigenvalue weighted by Gasteiger charge is -2.07. The van der Waals surface area contributed by atoms with Gasteiger partial charge in [-0.05, 0) is 18.6 Å². The van der Waals surface area contributed by atoms with Crippen molar-refractivity contribution in [3.63, 3.8) is 0 Å². The van der Waals surface area contributed by atoms with Crippen molar-refractivity contribution in [2.75, 3.05) is 5.32 Å². The fraction of sp³-hybridized carbons (Fsp3) is 0.200. The minimum atomic E-state index is -4.48. The fourth-order valence-electron chi connectivity index (χ4n) is 1.29. The van der Waals surface area contributed by atoms with Gasteiger partial charge in [0.25, 0.3) is 0 Å². The molecule has 0 saturated carbocycles. The summed E-state index contributed by atoms with van der Waals surface area (Å²) in [6.45, 7) is 1.79. The van der Waals surface area contributed by atoms with Gasteiger partial charge in [0.1, 0.15) is 0 Å². The van der Waals surface area contributed by atoms with Crippen molar-refractivity contribution in [3.05, 3.63) is 33.8 Å². The standard InChI is InChI=1S/C10H7ClF3N3S/c1-5-3-2-4-6(11)7(5)15-9-17-16-8(18-9)10(12,13)14/h2-4H,1H3,(H,15,17). The smallest absolute Gasteiger partial charge is 0.329 e. The molecule has 1 aromatic heterocycles. The van der Waals surface area contributed by atoms with Crippen LogP contribution in [0.15, 0.2) is 18.2 Å². The zero-order valence-corrected chi connectivity index (χ0v) is 10.6. The lowest BCUT2D eigenvalue weighted by atomic mass is 10.2. The quantitative estimate of drug-likeness (QED) is 0.899. The molecular weight excluding hydrogens is 287 g/mol. The number of halogens is 4. The van der Waals surface area contributed by atoms with E-state index in [0.29, 0.717) is 22.0 Å². The van der Waals surface area contributed by atoms with E-state index in [2.05, 4.69) is 15.5 Å². The van der Waals surface area contributed by atoms with Gasteiger partial charge in [-0.1, -0.05) is 35.1 Å². The Kier molecular flexibility index (Phi) is 3.45. The van der Waals surface area contributed by atoms with E-state index >= 15 is 0 Å². The topological polar surface area (TPSA) is 37.8 Å². The van der Waals surface area contributed by atoms with Crippen LogP contribution in [0.25, 0.3) is 0 Å². The van der Waals surface area contributed by atoms with Gasteiger partial charge in [-0.15, -0.1) is 10.2 Å². The molecule has 1 N–H and O–H groups in total. The first-order valence-electron chi connectivity index (χ1n) is 4.81. The first-order chi connectivity index (χ1) is 8.38. The molecule has 0 atom stereocenters. The van der Waals surface area contributed by atoms with Crippen molar-refractivity contribution in [2.24, 2.45) is 0 Å². The van der Waals surface area contributed by atoms with Crippen molar-refractivity contribution in [1.29, 1.82) is 0 Å². The summed E-state index contributed by atoms with van der Waals surface area (Å²) in [5.74, 6) is 0. The largest absolute Gasteiger partial charge is 0.445 e. The number of anilines is 2. The Morgan fingerprint density at radius 1 is 1.28 bits per heavy atom. The molecule has 2 aromatic rings. The molecule has 0 radical (unpaired) electrons. The van der Waals surface area contributed by atoms with Crippen LogP contribution in [0.1, 0.15) is 10.6 Å². The second-order valence-corrected chi connectivity index (χ2v) is 4.85. The third-order valence-corrected chi connectivity index (χ3v) is 3.32. The van der Waals surface area contributed by atoms with Crippen molar-refractivity contribution in [2.45, 2.75) is 13.1 Å². The normalized spacial score (nSPS) is 11.6. The van der Waals surface area contributed by atoms with Crippen LogP contribution in [0.5, 0.6) is 0 Å². The Hall–Kier alpha value is -1.34. The van der Waals surface area contributed by atoms with Gasteiger partial charge in [-0.25, -0.2) is 0 Å². The van der Waals surface area contributed by atoms with Gasteiger partial charge >= 0.3 is 6.18 Å². The maximum atomic E-state index is 12.4. The Labute approximate surface area is 110 Å². The van der Waals surface area contributed by atoms with Gasteiger partial charge < -0.3 is 5.32 Å². The van der Waals surface area contributed by atoms with Crippen LogP contribution < -0.4 is 5.32 Å². The molecule has 1 heterocycles. The molecule has 3 nitrogen and oxygen atoms in total. The highest BCUT2D eigenvalue weighted by Gasteiger charge is 2.35. The van der Waals surface area contributed by atoms with Gasteiger partial charge in [-0.2, -0.15) is 13.2 Å². The van der Waals surface area contributed by atoms with Gasteiger partial charge in [0.15, 0.2) is 0 Å². The van der Waals surface area contributed by atoms with Crippen LogP contribution in [-0.4, -0.2) is 10.2 Å². The van der Waals surface area contributed by atoms with Crippen molar-refractivity contribution < 1.29 is 13.2 Å². The Bertz CT molecular complexity index is 547. The summed E-state index contributed by atoms with van der Waals surface area (Å²) >= 11 is 6.38. The summed E-state index contributed by atoms with van der Waals surface area (Å²) in [5.41, 5.74) is 1.34. The summed E-state index contributed by atoms with van der Waals surface area (Å²) in [5, 5.41) is 8.74. The number of hydrogen-bond acceptors (Lipinski definition) is 4. The molecule has 0 fully saturated rings. The molecule has 0 unspecified atom stereocenters. The summed E-state index contributed by atoms with van der Waals surface area (Å²) in [4.78, 5) is 0. The SMILES string of the molecule is Cc1cccc(Cl)c1Nc1nnc(C(F)(F)F)s1. The molecule has 18 heavy (non-hydrogen) atoms. The summed E-state index contributed by atoms with van der Waals surface area (Å²) in [6.07, 6.45) is -4.48. The molecule has 2 rings (SSSR count). The monoisotopic (exact) mass is 293 g/mol. The van der Waals surface area contributed by atoms with E-state index in [0.717, 1.165) is 5.56 Å². The van der Waals surface area contributed by atoms with Gasteiger partial charge in [0, 0.05) is 0 Å². The highest BCUT2D eigenvalue weighted by Crippen LogP contribution is 2.35. The second kappa shape index (κ2) is 4.74. The highest BCUT2D eigenvalue weighted by atomic mass is 35.5. The molecular formula is C10H7ClF3N3S. The van der Waals surface area contributed by atoms with Crippen LogP contribution in [0.3, 0.4) is 0 Å². The molecule has 96 valence electrons. The third-order valence-electron chi connectivity index (χ3n) is 2.12. The first kappa shape index (κ1) is 13.1. The van der Waals surface area contributed by atoms with E-state index in [1.807, 2.05) is 0 Å². The number of para-hydroxylation sites is 1. The van der Waals surface area contributed by atoms with Crippen LogP contribution in [-0.2, 0) is 6.18 Å². The highest BCUT2D eigenvalue weighted by molar-refractivity contribution is 7.15. The maximum Gasteiger partial charge on any atom is 0.445 e. The van der Waals surface area contributed by atoms with E-state index in [1.165, 1.54) is 0 Å². The lowest BCUT2D eigenvalue weighted by molar-refractivity contribution is -0.138. The molecule has 0 amide bonds. The van der Waals surface area contributed by atoms with E-state index in [9.17, 15) is 13.2 Å². The zero-order valence-electron chi connectivity index (χ0n) is 9.05. The van der Waals surface area contributed by atoms with E-state index in [4.69, 9.17) is 11.6 Å². The molecule has 0 aliphatic rings. The molecule has 0 aliphatic heterocycles. The lowest BCUT2D eigenvalue weighted by Crippen LogP contribution is -2.03. The van der Waals surface area contributed by atoms with Gasteiger partial charge in [-0.3, -0.25) is 0 Å². The van der Waals surface area contributed by atoms with Crippen LogP contribution in [0.2, 0.25) is 5.02 Å². The number of alkyl halides is 3. The van der Waals surface area contributed by atoms with E-state index in [-0.39, 0.29) is 5.13 Å². The molecule has 0 aliphatic carbocycles. The van der Waals surface area contributed by atoms with Crippen LogP contribution in [0.4, 0.5) is 24.0 Å². The number of hydrogen-bond donors (Lipinski definition) is 1. The summed E-state index contributed by atoms with van der Waals surface area (Å²) < 4.78 is 37.1.